The van der Waals surface area contributed by atoms with E-state index in [9.17, 15) is 14.4 Å². The van der Waals surface area contributed by atoms with Crippen molar-refractivity contribution < 1.29 is 19.2 Å². The van der Waals surface area contributed by atoms with Crippen LogP contribution in [0.5, 0.6) is 0 Å². The highest BCUT2D eigenvalue weighted by molar-refractivity contribution is 5.76. The van der Waals surface area contributed by atoms with E-state index in [1.807, 2.05) is 20.8 Å². The Morgan fingerprint density at radius 1 is 0.771 bits per heavy atom. The van der Waals surface area contributed by atoms with E-state index in [-0.39, 0.29) is 18.0 Å². The van der Waals surface area contributed by atoms with Crippen molar-refractivity contribution in [1.82, 2.24) is 15.2 Å². The normalized spacial score (nSPS) is 11.5. The lowest BCUT2D eigenvalue weighted by Crippen LogP contribution is -2.33. The van der Waals surface area contributed by atoms with Crippen LogP contribution >= 0.6 is 0 Å². The monoisotopic (exact) mass is 487 g/mol. The molecule has 194 valence electrons. The number of benzene rings is 1. The number of nitrogens with zero attached hydrogens (tertiary/aromatic N) is 3. The number of carbonyl (C=O) groups excluding carboxylic acids is 2. The standard InChI is InChI=1S/C27H41N3O5/c1-27(2,3)34-24(31)20-14-12-10-8-6-4-5-7-9-11-13-15-21-25(32)35-30-26(33)22-18-16-17-19-23(22)28-29-30/h16-19H,4-15,20-21H2,1-3H3. The molecule has 8 nitrogen and oxygen atoms in total. The summed E-state index contributed by atoms with van der Waals surface area (Å²) in [5.41, 5.74) is -0.399. The van der Waals surface area contributed by atoms with E-state index in [2.05, 4.69) is 10.3 Å². The fourth-order valence-electron chi connectivity index (χ4n) is 3.87. The number of esters is 1. The second-order valence-electron chi connectivity index (χ2n) is 10.1. The van der Waals surface area contributed by atoms with E-state index < -0.39 is 11.5 Å². The third kappa shape index (κ3) is 12.0. The predicted octanol–water partition coefficient (Wildman–Crippen LogP) is 5.55. The van der Waals surface area contributed by atoms with Crippen molar-refractivity contribution in [1.29, 1.82) is 0 Å². The lowest BCUT2D eigenvalue weighted by molar-refractivity contribution is -0.155. The quantitative estimate of drug-likeness (QED) is 0.174. The topological polar surface area (TPSA) is 100 Å². The zero-order chi connectivity index (χ0) is 25.5. The first-order valence-electron chi connectivity index (χ1n) is 13.0. The van der Waals surface area contributed by atoms with Crippen molar-refractivity contribution in [3.05, 3.63) is 34.6 Å². The predicted molar refractivity (Wildman–Crippen MR) is 136 cm³/mol. The minimum Gasteiger partial charge on any atom is -0.460 e. The van der Waals surface area contributed by atoms with Crippen LogP contribution in [0.2, 0.25) is 0 Å². The zero-order valence-corrected chi connectivity index (χ0v) is 21.6. The van der Waals surface area contributed by atoms with E-state index in [4.69, 9.17) is 9.57 Å². The van der Waals surface area contributed by atoms with Gasteiger partial charge in [-0.2, -0.15) is 0 Å². The minimum absolute atomic E-state index is 0.0934. The van der Waals surface area contributed by atoms with Gasteiger partial charge in [0.15, 0.2) is 0 Å². The highest BCUT2D eigenvalue weighted by Gasteiger charge is 2.15. The third-order valence-electron chi connectivity index (χ3n) is 5.66. The van der Waals surface area contributed by atoms with Crippen LogP contribution in [0.25, 0.3) is 10.9 Å². The van der Waals surface area contributed by atoms with Gasteiger partial charge in [0.25, 0.3) is 0 Å². The summed E-state index contributed by atoms with van der Waals surface area (Å²) in [7, 11) is 0. The van der Waals surface area contributed by atoms with Crippen LogP contribution in [0, 0.1) is 0 Å². The fraction of sp³-hybridized carbons (Fsp3) is 0.667. The molecule has 0 unspecified atom stereocenters. The molecule has 1 heterocycles. The fourth-order valence-corrected chi connectivity index (χ4v) is 3.87. The Bertz CT molecular complexity index is 981. The van der Waals surface area contributed by atoms with E-state index in [0.717, 1.165) is 32.1 Å². The molecule has 1 aromatic heterocycles. The molecule has 0 amide bonds. The molecule has 0 aliphatic rings. The summed E-state index contributed by atoms with van der Waals surface area (Å²) >= 11 is 0. The van der Waals surface area contributed by atoms with Gasteiger partial charge in [-0.3, -0.25) is 9.59 Å². The number of hydrogen-bond donors (Lipinski definition) is 0. The van der Waals surface area contributed by atoms with Gasteiger partial charge in [0.05, 0.1) is 5.39 Å². The molecule has 0 fully saturated rings. The van der Waals surface area contributed by atoms with Crippen LogP contribution in [0.15, 0.2) is 29.1 Å². The first-order valence-corrected chi connectivity index (χ1v) is 13.0. The molecular weight excluding hydrogens is 446 g/mol. The molecule has 0 spiro atoms. The Kier molecular flexibility index (Phi) is 12.4. The summed E-state index contributed by atoms with van der Waals surface area (Å²) in [5.74, 6) is -0.563. The summed E-state index contributed by atoms with van der Waals surface area (Å²) in [6, 6.07) is 6.82. The highest BCUT2D eigenvalue weighted by Crippen LogP contribution is 2.14. The summed E-state index contributed by atoms with van der Waals surface area (Å²) in [4.78, 5) is 41.7. The lowest BCUT2D eigenvalue weighted by Gasteiger charge is -2.19. The van der Waals surface area contributed by atoms with Crippen LogP contribution in [0.4, 0.5) is 0 Å². The Balaban J connectivity index is 1.41. The molecule has 0 saturated carbocycles. The average molecular weight is 488 g/mol. The van der Waals surface area contributed by atoms with E-state index >= 15 is 0 Å². The van der Waals surface area contributed by atoms with Crippen molar-refractivity contribution in [2.75, 3.05) is 0 Å². The molecule has 0 aliphatic carbocycles. The maximum absolute atomic E-state index is 12.3. The van der Waals surface area contributed by atoms with Gasteiger partial charge < -0.3 is 9.57 Å². The minimum atomic E-state index is -0.482. The third-order valence-corrected chi connectivity index (χ3v) is 5.66. The Morgan fingerprint density at radius 3 is 1.80 bits per heavy atom. The number of rotatable bonds is 16. The first kappa shape index (κ1) is 28.5. The number of hydrogen-bond acceptors (Lipinski definition) is 7. The van der Waals surface area contributed by atoms with Crippen molar-refractivity contribution in [2.45, 2.75) is 116 Å². The second-order valence-corrected chi connectivity index (χ2v) is 10.1. The molecule has 8 heteroatoms. The van der Waals surface area contributed by atoms with Gasteiger partial charge in [-0.1, -0.05) is 76.3 Å². The van der Waals surface area contributed by atoms with Crippen LogP contribution in [-0.2, 0) is 14.3 Å². The largest absolute Gasteiger partial charge is 0.460 e. The summed E-state index contributed by atoms with van der Waals surface area (Å²) in [6.45, 7) is 5.70. The molecule has 35 heavy (non-hydrogen) atoms. The summed E-state index contributed by atoms with van der Waals surface area (Å²) in [6.07, 6.45) is 14.1. The van der Waals surface area contributed by atoms with Crippen molar-refractivity contribution in [2.24, 2.45) is 0 Å². The van der Waals surface area contributed by atoms with Crippen molar-refractivity contribution in [3.63, 3.8) is 0 Å². The Labute approximate surface area is 208 Å². The molecule has 2 aromatic rings. The first-order chi connectivity index (χ1) is 16.8. The maximum Gasteiger partial charge on any atom is 0.335 e. The molecule has 0 N–H and O–H groups in total. The van der Waals surface area contributed by atoms with Crippen LogP contribution in [-0.4, -0.2) is 32.7 Å². The number of aromatic nitrogens is 3. The van der Waals surface area contributed by atoms with Crippen LogP contribution in [0.3, 0.4) is 0 Å². The number of fused-ring (bicyclic) bond motifs is 1. The smallest absolute Gasteiger partial charge is 0.335 e. The number of ether oxygens (including phenoxy) is 1. The average Bonchev–Trinajstić information content (AvgIpc) is 2.80. The molecule has 2 rings (SSSR count). The molecule has 0 radical (unpaired) electrons. The molecule has 0 bridgehead atoms. The van der Waals surface area contributed by atoms with E-state index in [1.54, 1.807) is 24.3 Å². The number of carbonyl (C=O) groups is 2. The van der Waals surface area contributed by atoms with Gasteiger partial charge in [-0.15, -0.1) is 5.10 Å². The number of unbranched alkanes of at least 4 members (excludes halogenated alkanes) is 11. The van der Waals surface area contributed by atoms with Gasteiger partial charge in [0.2, 0.25) is 0 Å². The maximum atomic E-state index is 12.3. The molecule has 0 atom stereocenters. The van der Waals surface area contributed by atoms with E-state index in [1.165, 1.54) is 44.9 Å². The molecular formula is C27H41N3O5. The van der Waals surface area contributed by atoms with E-state index in [0.29, 0.717) is 22.2 Å². The zero-order valence-electron chi connectivity index (χ0n) is 21.6. The van der Waals surface area contributed by atoms with Gasteiger partial charge in [-0.05, 0) is 55.8 Å². The van der Waals surface area contributed by atoms with Crippen LogP contribution in [0.1, 0.15) is 111 Å². The van der Waals surface area contributed by atoms with Crippen molar-refractivity contribution >= 4 is 22.8 Å². The van der Waals surface area contributed by atoms with Gasteiger partial charge in [0.1, 0.15) is 11.1 Å². The Morgan fingerprint density at radius 2 is 1.26 bits per heavy atom. The molecule has 1 aromatic carbocycles. The molecule has 0 saturated heterocycles. The van der Waals surface area contributed by atoms with Crippen molar-refractivity contribution in [3.8, 4) is 0 Å². The highest BCUT2D eigenvalue weighted by atomic mass is 16.7. The second kappa shape index (κ2) is 15.3. The SMILES string of the molecule is CC(C)(C)OC(=O)CCCCCCCCCCCCCCC(=O)On1nnc2ccccc2c1=O. The van der Waals surface area contributed by atoms with Gasteiger partial charge in [0, 0.05) is 12.8 Å². The summed E-state index contributed by atoms with van der Waals surface area (Å²) in [5, 5.41) is 7.94. The molecule has 0 aliphatic heterocycles. The van der Waals surface area contributed by atoms with Gasteiger partial charge >= 0.3 is 17.5 Å². The summed E-state index contributed by atoms with van der Waals surface area (Å²) < 4.78 is 5.32. The Hall–Kier alpha value is -2.77. The lowest BCUT2D eigenvalue weighted by atomic mass is 10.0. The van der Waals surface area contributed by atoms with Crippen LogP contribution < -0.4 is 10.4 Å². The van der Waals surface area contributed by atoms with Gasteiger partial charge in [-0.25, -0.2) is 4.79 Å².